The molecule has 0 aliphatic carbocycles. The number of nitrogens with one attached hydrogen (secondary N) is 1. The molecule has 1 aromatic heterocycles. The maximum atomic E-state index is 5.76. The molecule has 0 aliphatic heterocycles. The third-order valence-corrected chi connectivity index (χ3v) is 4.18. The van der Waals surface area contributed by atoms with Gasteiger partial charge in [-0.1, -0.05) is 19.1 Å². The van der Waals surface area contributed by atoms with Crippen molar-refractivity contribution < 1.29 is 4.74 Å². The van der Waals surface area contributed by atoms with E-state index < -0.39 is 0 Å². The van der Waals surface area contributed by atoms with Crippen LogP contribution in [0.4, 0.5) is 0 Å². The van der Waals surface area contributed by atoms with E-state index in [-0.39, 0.29) is 0 Å². The largest absolute Gasteiger partial charge is 0.486 e. The van der Waals surface area contributed by atoms with Crippen LogP contribution in [0.5, 0.6) is 5.75 Å². The molecule has 1 heterocycles. The first-order chi connectivity index (χ1) is 10.2. The molecule has 114 valence electrons. The SMILES string of the molecule is CCCNC(C)Cc1ccc(OCc2nc(C)cs2)cc1. The van der Waals surface area contributed by atoms with Gasteiger partial charge in [0.15, 0.2) is 0 Å². The molecule has 0 fully saturated rings. The number of rotatable bonds is 8. The van der Waals surface area contributed by atoms with Crippen LogP contribution in [0, 0.1) is 6.92 Å². The molecular weight excluding hydrogens is 280 g/mol. The van der Waals surface area contributed by atoms with Crippen LogP contribution in [-0.4, -0.2) is 17.6 Å². The first-order valence-corrected chi connectivity index (χ1v) is 8.41. The summed E-state index contributed by atoms with van der Waals surface area (Å²) in [6.07, 6.45) is 2.22. The van der Waals surface area contributed by atoms with E-state index in [1.54, 1.807) is 11.3 Å². The van der Waals surface area contributed by atoms with Gasteiger partial charge in [0.25, 0.3) is 0 Å². The molecule has 0 amide bonds. The molecule has 0 bridgehead atoms. The van der Waals surface area contributed by atoms with Crippen molar-refractivity contribution in [1.82, 2.24) is 10.3 Å². The van der Waals surface area contributed by atoms with Gasteiger partial charge in [0.05, 0.1) is 0 Å². The van der Waals surface area contributed by atoms with Gasteiger partial charge in [0, 0.05) is 17.1 Å². The number of hydrogen-bond acceptors (Lipinski definition) is 4. The number of aromatic nitrogens is 1. The van der Waals surface area contributed by atoms with Crippen molar-refractivity contribution in [1.29, 1.82) is 0 Å². The predicted molar refractivity (Wildman–Crippen MR) is 89.1 cm³/mol. The summed E-state index contributed by atoms with van der Waals surface area (Å²) in [6, 6.07) is 8.89. The highest BCUT2D eigenvalue weighted by Gasteiger charge is 2.04. The lowest BCUT2D eigenvalue weighted by atomic mass is 10.1. The summed E-state index contributed by atoms with van der Waals surface area (Å²) in [6.45, 7) is 8.05. The second kappa shape index (κ2) is 8.15. The number of nitrogens with zero attached hydrogens (tertiary/aromatic N) is 1. The third-order valence-electron chi connectivity index (χ3n) is 3.24. The highest BCUT2D eigenvalue weighted by molar-refractivity contribution is 7.09. The van der Waals surface area contributed by atoms with Gasteiger partial charge < -0.3 is 10.1 Å². The summed E-state index contributed by atoms with van der Waals surface area (Å²) < 4.78 is 5.76. The Morgan fingerprint density at radius 3 is 2.67 bits per heavy atom. The van der Waals surface area contributed by atoms with E-state index in [2.05, 4.69) is 36.3 Å². The highest BCUT2D eigenvalue weighted by atomic mass is 32.1. The molecular formula is C17H24N2OS. The van der Waals surface area contributed by atoms with Gasteiger partial charge in [-0.05, 0) is 50.9 Å². The van der Waals surface area contributed by atoms with Crippen molar-refractivity contribution in [3.05, 3.63) is 45.9 Å². The van der Waals surface area contributed by atoms with Crippen molar-refractivity contribution in [2.24, 2.45) is 0 Å². The molecule has 21 heavy (non-hydrogen) atoms. The quantitative estimate of drug-likeness (QED) is 0.801. The van der Waals surface area contributed by atoms with E-state index >= 15 is 0 Å². The summed E-state index contributed by atoms with van der Waals surface area (Å²) in [5, 5.41) is 6.58. The Bertz CT molecular complexity index is 536. The van der Waals surface area contributed by atoms with Crippen molar-refractivity contribution in [2.75, 3.05) is 6.54 Å². The van der Waals surface area contributed by atoms with Crippen molar-refractivity contribution in [2.45, 2.75) is 46.3 Å². The zero-order valence-electron chi connectivity index (χ0n) is 13.1. The van der Waals surface area contributed by atoms with E-state index in [9.17, 15) is 0 Å². The van der Waals surface area contributed by atoms with Crippen LogP contribution in [0.3, 0.4) is 0 Å². The first kappa shape index (κ1) is 16.0. The Hall–Kier alpha value is -1.39. The molecule has 0 spiro atoms. The maximum Gasteiger partial charge on any atom is 0.140 e. The van der Waals surface area contributed by atoms with Gasteiger partial charge in [-0.2, -0.15) is 0 Å². The van der Waals surface area contributed by atoms with Crippen LogP contribution < -0.4 is 10.1 Å². The van der Waals surface area contributed by atoms with Gasteiger partial charge in [-0.3, -0.25) is 0 Å². The minimum Gasteiger partial charge on any atom is -0.486 e. The molecule has 0 aliphatic rings. The zero-order chi connectivity index (χ0) is 15.1. The number of benzene rings is 1. The Balaban J connectivity index is 1.81. The van der Waals surface area contributed by atoms with E-state index in [0.717, 1.165) is 29.4 Å². The molecule has 1 unspecified atom stereocenters. The standard InChI is InChI=1S/C17H24N2OS/c1-4-9-18-13(2)10-15-5-7-16(8-6-15)20-11-17-19-14(3)12-21-17/h5-8,12-13,18H,4,9-11H2,1-3H3. The first-order valence-electron chi connectivity index (χ1n) is 7.53. The number of aryl methyl sites for hydroxylation is 1. The second-order valence-corrected chi connectivity index (χ2v) is 6.32. The van der Waals surface area contributed by atoms with Crippen LogP contribution in [0.1, 0.15) is 36.5 Å². The van der Waals surface area contributed by atoms with Gasteiger partial charge in [-0.15, -0.1) is 11.3 Å². The summed E-state index contributed by atoms with van der Waals surface area (Å²) in [7, 11) is 0. The third kappa shape index (κ3) is 5.48. The number of thiazole rings is 1. The summed E-state index contributed by atoms with van der Waals surface area (Å²) >= 11 is 1.64. The lowest BCUT2D eigenvalue weighted by Crippen LogP contribution is -2.28. The molecule has 4 heteroatoms. The fraction of sp³-hybridized carbons (Fsp3) is 0.471. The predicted octanol–water partition coefficient (Wildman–Crippen LogP) is 3.96. The molecule has 3 nitrogen and oxygen atoms in total. The Kier molecular flexibility index (Phi) is 6.21. The smallest absolute Gasteiger partial charge is 0.140 e. The average molecular weight is 304 g/mol. The minimum atomic E-state index is 0.509. The Labute approximate surface area is 131 Å². The van der Waals surface area contributed by atoms with Crippen molar-refractivity contribution in [3.63, 3.8) is 0 Å². The Morgan fingerprint density at radius 2 is 2.05 bits per heavy atom. The fourth-order valence-corrected chi connectivity index (χ4v) is 2.84. The van der Waals surface area contributed by atoms with E-state index in [4.69, 9.17) is 4.74 Å². The number of ether oxygens (including phenoxy) is 1. The monoisotopic (exact) mass is 304 g/mol. The van der Waals surface area contributed by atoms with Crippen LogP contribution in [0.25, 0.3) is 0 Å². The molecule has 1 aromatic carbocycles. The zero-order valence-corrected chi connectivity index (χ0v) is 13.9. The lowest BCUT2D eigenvalue weighted by Gasteiger charge is -2.13. The highest BCUT2D eigenvalue weighted by Crippen LogP contribution is 2.16. The average Bonchev–Trinajstić information content (AvgIpc) is 2.90. The van der Waals surface area contributed by atoms with E-state index in [1.807, 2.05) is 24.4 Å². The summed E-state index contributed by atoms with van der Waals surface area (Å²) in [4.78, 5) is 4.40. The minimum absolute atomic E-state index is 0.509. The number of hydrogen-bond donors (Lipinski definition) is 1. The summed E-state index contributed by atoms with van der Waals surface area (Å²) in [5.74, 6) is 0.903. The van der Waals surface area contributed by atoms with Gasteiger partial charge in [0.2, 0.25) is 0 Å². The van der Waals surface area contributed by atoms with E-state index in [1.165, 1.54) is 12.0 Å². The molecule has 1 N–H and O–H groups in total. The lowest BCUT2D eigenvalue weighted by molar-refractivity contribution is 0.305. The molecule has 2 aromatic rings. The molecule has 2 rings (SSSR count). The maximum absolute atomic E-state index is 5.76. The fourth-order valence-electron chi connectivity index (χ4n) is 2.15. The Morgan fingerprint density at radius 1 is 1.29 bits per heavy atom. The van der Waals surface area contributed by atoms with E-state index in [0.29, 0.717) is 12.6 Å². The van der Waals surface area contributed by atoms with Crippen LogP contribution in [0.2, 0.25) is 0 Å². The van der Waals surface area contributed by atoms with Crippen LogP contribution >= 0.6 is 11.3 Å². The molecule has 1 atom stereocenters. The van der Waals surface area contributed by atoms with Gasteiger partial charge in [0.1, 0.15) is 17.4 Å². The van der Waals surface area contributed by atoms with Crippen LogP contribution in [0.15, 0.2) is 29.6 Å². The topological polar surface area (TPSA) is 34.1 Å². The molecule has 0 saturated heterocycles. The van der Waals surface area contributed by atoms with Crippen molar-refractivity contribution in [3.8, 4) is 5.75 Å². The van der Waals surface area contributed by atoms with Gasteiger partial charge in [-0.25, -0.2) is 4.98 Å². The summed E-state index contributed by atoms with van der Waals surface area (Å²) in [5.41, 5.74) is 2.39. The molecule has 0 saturated carbocycles. The second-order valence-electron chi connectivity index (χ2n) is 5.37. The van der Waals surface area contributed by atoms with Gasteiger partial charge >= 0.3 is 0 Å². The van der Waals surface area contributed by atoms with Crippen LogP contribution in [-0.2, 0) is 13.0 Å². The van der Waals surface area contributed by atoms with Crippen molar-refractivity contribution >= 4 is 11.3 Å². The molecule has 0 radical (unpaired) electrons. The normalized spacial score (nSPS) is 12.3.